The molecule has 0 saturated carbocycles. The van der Waals surface area contributed by atoms with Crippen LogP contribution in [0.4, 0.5) is 0 Å². The highest BCUT2D eigenvalue weighted by Crippen LogP contribution is 2.13. The van der Waals surface area contributed by atoms with Gasteiger partial charge in [0.1, 0.15) is 0 Å². The monoisotopic (exact) mass is 191 g/mol. The zero-order chi connectivity index (χ0) is 9.26. The Labute approximate surface area is 81.8 Å². The Kier molecular flexibility index (Phi) is 2.07. The first-order valence-electron chi connectivity index (χ1n) is 3.94. The van der Waals surface area contributed by atoms with Crippen LogP contribution < -0.4 is 0 Å². The molecule has 0 spiro atoms. The summed E-state index contributed by atoms with van der Waals surface area (Å²) in [5, 5.41) is 0.626. The number of aromatic nitrogens is 2. The summed E-state index contributed by atoms with van der Waals surface area (Å²) in [7, 11) is 0. The third-order valence-corrected chi connectivity index (χ3v) is 2.10. The van der Waals surface area contributed by atoms with Crippen molar-refractivity contribution in [1.82, 2.24) is 9.55 Å². The normalized spacial score (nSPS) is 10.3. The first kappa shape index (κ1) is 8.32. The average Bonchev–Trinajstić information content (AvgIpc) is 2.53. The van der Waals surface area contributed by atoms with Crippen LogP contribution in [0.2, 0.25) is 5.02 Å². The van der Waals surface area contributed by atoms with E-state index in [0.29, 0.717) is 5.02 Å². The van der Waals surface area contributed by atoms with Gasteiger partial charge in [0.2, 0.25) is 0 Å². The molecule has 0 fully saturated rings. The van der Waals surface area contributed by atoms with Gasteiger partial charge in [0.05, 0.1) is 6.33 Å². The first-order chi connectivity index (χ1) is 6.27. The fourth-order valence-corrected chi connectivity index (χ4v) is 1.30. The van der Waals surface area contributed by atoms with Crippen molar-refractivity contribution in [3.05, 3.63) is 47.5 Å². The van der Waals surface area contributed by atoms with Crippen molar-refractivity contribution in [3.8, 4) is 5.69 Å². The van der Waals surface area contributed by atoms with Crippen LogP contribution in [0.3, 0.4) is 0 Å². The van der Waals surface area contributed by atoms with E-state index in [2.05, 4.69) is 11.1 Å². The molecule has 0 aliphatic carbocycles. The topological polar surface area (TPSA) is 17.8 Å². The molecule has 1 heterocycles. The maximum Gasteiger partial charge on any atom is 0.0994 e. The number of hydrogen-bond donors (Lipinski definition) is 0. The molecule has 0 atom stereocenters. The van der Waals surface area contributed by atoms with E-state index in [1.165, 1.54) is 0 Å². The third-order valence-electron chi connectivity index (χ3n) is 1.86. The Bertz CT molecular complexity index is 403. The third kappa shape index (κ3) is 1.58. The minimum Gasteiger partial charge on any atom is -0.304 e. The van der Waals surface area contributed by atoms with E-state index in [4.69, 9.17) is 11.6 Å². The van der Waals surface area contributed by atoms with Crippen LogP contribution in [0.25, 0.3) is 5.69 Å². The van der Waals surface area contributed by atoms with Crippen molar-refractivity contribution in [2.24, 2.45) is 0 Å². The average molecular weight is 192 g/mol. The predicted molar refractivity (Wildman–Crippen MR) is 52.1 cm³/mol. The highest BCUT2D eigenvalue weighted by Gasteiger charge is 1.98. The summed E-state index contributed by atoms with van der Waals surface area (Å²) in [6.45, 7) is 2.00. The van der Waals surface area contributed by atoms with Crippen LogP contribution >= 0.6 is 11.6 Å². The molecule has 1 aromatic carbocycles. The van der Waals surface area contributed by atoms with E-state index < -0.39 is 0 Å². The van der Waals surface area contributed by atoms with Gasteiger partial charge in [-0.05, 0) is 25.1 Å². The van der Waals surface area contributed by atoms with Crippen molar-refractivity contribution < 1.29 is 0 Å². The van der Waals surface area contributed by atoms with Crippen molar-refractivity contribution in [2.75, 3.05) is 0 Å². The number of nitrogens with zero attached hydrogens (tertiary/aromatic N) is 2. The van der Waals surface area contributed by atoms with Crippen LogP contribution in [0, 0.1) is 13.0 Å². The van der Waals surface area contributed by atoms with Crippen molar-refractivity contribution in [3.63, 3.8) is 0 Å². The van der Waals surface area contributed by atoms with E-state index in [1.54, 1.807) is 6.33 Å². The maximum atomic E-state index is 5.73. The largest absolute Gasteiger partial charge is 0.304 e. The lowest BCUT2D eigenvalue weighted by atomic mass is 10.3. The van der Waals surface area contributed by atoms with Gasteiger partial charge in [-0.3, -0.25) is 0 Å². The van der Waals surface area contributed by atoms with E-state index >= 15 is 0 Å². The molecule has 1 aromatic heterocycles. The van der Waals surface area contributed by atoms with Crippen LogP contribution in [-0.4, -0.2) is 9.55 Å². The molecule has 0 N–H and O–H groups in total. The van der Waals surface area contributed by atoms with Gasteiger partial charge >= 0.3 is 0 Å². The molecule has 2 aromatic rings. The van der Waals surface area contributed by atoms with Crippen molar-refractivity contribution in [2.45, 2.75) is 6.92 Å². The smallest absolute Gasteiger partial charge is 0.0994 e. The maximum absolute atomic E-state index is 5.73. The zero-order valence-electron chi connectivity index (χ0n) is 7.16. The number of benzene rings is 1. The molecule has 2 rings (SSSR count). The Balaban J connectivity index is 2.47. The SMILES string of the molecule is Cc1cncn1-c1c[c]c(Cl)cc1. The quantitative estimate of drug-likeness (QED) is 0.678. The first-order valence-corrected chi connectivity index (χ1v) is 4.32. The number of hydrogen-bond acceptors (Lipinski definition) is 1. The summed E-state index contributed by atoms with van der Waals surface area (Å²) in [4.78, 5) is 4.04. The number of aryl methyl sites for hydroxylation is 1. The second-order valence-corrected chi connectivity index (χ2v) is 3.21. The summed E-state index contributed by atoms with van der Waals surface area (Å²) in [5.41, 5.74) is 2.12. The van der Waals surface area contributed by atoms with Crippen LogP contribution in [-0.2, 0) is 0 Å². The highest BCUT2D eigenvalue weighted by molar-refractivity contribution is 6.30. The van der Waals surface area contributed by atoms with E-state index in [0.717, 1.165) is 11.4 Å². The number of imidazole rings is 1. The molecular formula is C10H8ClN2. The summed E-state index contributed by atoms with van der Waals surface area (Å²) < 4.78 is 1.98. The Hall–Kier alpha value is -1.28. The van der Waals surface area contributed by atoms with Gasteiger partial charge in [0.15, 0.2) is 0 Å². The van der Waals surface area contributed by atoms with Gasteiger partial charge in [0, 0.05) is 28.7 Å². The lowest BCUT2D eigenvalue weighted by molar-refractivity contribution is 1.00. The minimum absolute atomic E-state index is 0.626. The number of rotatable bonds is 1. The second-order valence-electron chi connectivity index (χ2n) is 2.80. The Morgan fingerprint density at radius 2 is 2.31 bits per heavy atom. The van der Waals surface area contributed by atoms with E-state index in [1.807, 2.05) is 35.9 Å². The van der Waals surface area contributed by atoms with Crippen LogP contribution in [0.1, 0.15) is 5.69 Å². The van der Waals surface area contributed by atoms with Gasteiger partial charge in [-0.25, -0.2) is 4.98 Å². The van der Waals surface area contributed by atoms with E-state index in [9.17, 15) is 0 Å². The molecule has 13 heavy (non-hydrogen) atoms. The van der Waals surface area contributed by atoms with Crippen LogP contribution in [0.5, 0.6) is 0 Å². The molecule has 2 nitrogen and oxygen atoms in total. The Morgan fingerprint density at radius 3 is 2.85 bits per heavy atom. The molecule has 3 heteroatoms. The minimum atomic E-state index is 0.626. The molecular weight excluding hydrogens is 184 g/mol. The highest BCUT2D eigenvalue weighted by atomic mass is 35.5. The molecule has 0 aliphatic rings. The number of halogens is 1. The van der Waals surface area contributed by atoms with Crippen molar-refractivity contribution >= 4 is 11.6 Å². The molecule has 0 amide bonds. The lowest BCUT2D eigenvalue weighted by Gasteiger charge is -2.03. The van der Waals surface area contributed by atoms with Gasteiger partial charge in [-0.15, -0.1) is 0 Å². The fraction of sp³-hybridized carbons (Fsp3) is 0.100. The molecule has 0 aliphatic heterocycles. The fourth-order valence-electron chi connectivity index (χ4n) is 1.18. The Morgan fingerprint density at radius 1 is 1.46 bits per heavy atom. The van der Waals surface area contributed by atoms with E-state index in [-0.39, 0.29) is 0 Å². The molecule has 0 unspecified atom stereocenters. The summed E-state index contributed by atoms with van der Waals surface area (Å²) in [6.07, 6.45) is 3.58. The van der Waals surface area contributed by atoms with Gasteiger partial charge in [-0.1, -0.05) is 11.6 Å². The van der Waals surface area contributed by atoms with Gasteiger partial charge in [0.25, 0.3) is 0 Å². The molecule has 0 saturated heterocycles. The zero-order valence-corrected chi connectivity index (χ0v) is 7.92. The summed E-state index contributed by atoms with van der Waals surface area (Å²) >= 11 is 5.73. The molecule has 0 bridgehead atoms. The van der Waals surface area contributed by atoms with Crippen LogP contribution in [0.15, 0.2) is 30.7 Å². The van der Waals surface area contributed by atoms with Crippen molar-refractivity contribution in [1.29, 1.82) is 0 Å². The summed E-state index contributed by atoms with van der Waals surface area (Å²) in [5.74, 6) is 0. The van der Waals surface area contributed by atoms with Gasteiger partial charge < -0.3 is 4.57 Å². The lowest BCUT2D eigenvalue weighted by Crippen LogP contribution is -1.93. The second kappa shape index (κ2) is 3.23. The molecule has 65 valence electrons. The predicted octanol–water partition coefficient (Wildman–Crippen LogP) is 2.63. The standard InChI is InChI=1S/C10H8ClN2/c1-8-6-12-7-13(8)10-4-2-9(11)3-5-10/h2,4-7H,1H3. The van der Waals surface area contributed by atoms with Gasteiger partial charge in [-0.2, -0.15) is 0 Å². The summed E-state index contributed by atoms with van der Waals surface area (Å²) in [6, 6.07) is 8.53. The molecule has 1 radical (unpaired) electrons.